The van der Waals surface area contributed by atoms with E-state index >= 15 is 0 Å². The molecule has 2 aromatic rings. The Bertz CT molecular complexity index is 1150. The fraction of sp³-hybridized carbons (Fsp3) is 0.375. The molecule has 1 aliphatic heterocycles. The number of nitrogens with one attached hydrogen (secondary N) is 1. The summed E-state index contributed by atoms with van der Waals surface area (Å²) in [6.07, 6.45) is 0.336. The number of hydrogen-bond acceptors (Lipinski definition) is 7. The summed E-state index contributed by atoms with van der Waals surface area (Å²) >= 11 is 1.09. The van der Waals surface area contributed by atoms with Crippen molar-refractivity contribution in [1.29, 1.82) is 0 Å². The lowest BCUT2D eigenvalue weighted by Gasteiger charge is -2.28. The number of thioether (sulfide) groups is 1. The van der Waals surface area contributed by atoms with Crippen molar-refractivity contribution in [2.75, 3.05) is 39.8 Å². The summed E-state index contributed by atoms with van der Waals surface area (Å²) in [7, 11) is -3.20. The monoisotopic (exact) mass is 504 g/mol. The smallest absolute Gasteiger partial charge is 0.316 e. The Morgan fingerprint density at radius 2 is 1.82 bits per heavy atom. The summed E-state index contributed by atoms with van der Waals surface area (Å²) in [6.45, 7) is 3.38. The maximum atomic E-state index is 12.9. The van der Waals surface area contributed by atoms with Gasteiger partial charge in [-0.1, -0.05) is 35.9 Å². The van der Waals surface area contributed by atoms with Crippen molar-refractivity contribution < 1.29 is 27.5 Å². The first kappa shape index (κ1) is 25.8. The van der Waals surface area contributed by atoms with E-state index < -0.39 is 34.4 Å². The Hall–Kier alpha value is -2.85. The molecule has 3 rings (SSSR count). The Labute approximate surface area is 204 Å². The highest BCUT2D eigenvalue weighted by Crippen LogP contribution is 2.24. The topological polar surface area (TPSA) is 110 Å². The van der Waals surface area contributed by atoms with Crippen molar-refractivity contribution >= 4 is 50.8 Å². The fourth-order valence-corrected chi connectivity index (χ4v) is 6.06. The average molecular weight is 505 g/mol. The van der Waals surface area contributed by atoms with Crippen LogP contribution in [0.1, 0.15) is 17.5 Å². The number of carbonyl (C=O) groups is 3. The molecule has 0 spiro atoms. The molecule has 1 saturated heterocycles. The van der Waals surface area contributed by atoms with Gasteiger partial charge in [-0.15, -0.1) is 11.8 Å². The summed E-state index contributed by atoms with van der Waals surface area (Å²) in [5, 5.41) is 2.81. The van der Waals surface area contributed by atoms with Crippen LogP contribution >= 0.6 is 11.8 Å². The first-order chi connectivity index (χ1) is 16.1. The van der Waals surface area contributed by atoms with Gasteiger partial charge in [-0.25, -0.2) is 8.42 Å². The molecule has 34 heavy (non-hydrogen) atoms. The van der Waals surface area contributed by atoms with E-state index in [4.69, 9.17) is 4.74 Å². The molecule has 0 aliphatic carbocycles. The summed E-state index contributed by atoms with van der Waals surface area (Å²) < 4.78 is 29.0. The van der Waals surface area contributed by atoms with Crippen LogP contribution < -0.4 is 10.2 Å². The zero-order chi connectivity index (χ0) is 24.7. The van der Waals surface area contributed by atoms with Crippen LogP contribution in [-0.2, 0) is 29.0 Å². The van der Waals surface area contributed by atoms with Crippen LogP contribution in [0.5, 0.6) is 0 Å². The summed E-state index contributed by atoms with van der Waals surface area (Å²) in [6, 6.07) is 14.0. The van der Waals surface area contributed by atoms with Gasteiger partial charge in [-0.2, -0.15) is 0 Å². The third kappa shape index (κ3) is 7.33. The largest absolute Gasteiger partial charge is 0.455 e. The molecule has 1 N–H and O–H groups in total. The van der Waals surface area contributed by atoms with Crippen LogP contribution in [0.25, 0.3) is 0 Å². The minimum Gasteiger partial charge on any atom is -0.455 e. The number of ether oxygens (including phenoxy) is 1. The number of sulfone groups is 1. The number of para-hydroxylation sites is 1. The molecule has 2 aromatic carbocycles. The Kier molecular flexibility index (Phi) is 8.73. The van der Waals surface area contributed by atoms with Crippen molar-refractivity contribution in [2.24, 2.45) is 0 Å². The normalized spacial score (nSPS) is 16.6. The predicted octanol–water partition coefficient (Wildman–Crippen LogP) is 2.74. The molecule has 0 radical (unpaired) electrons. The van der Waals surface area contributed by atoms with Gasteiger partial charge in [0.05, 0.1) is 29.1 Å². The molecule has 2 amide bonds. The van der Waals surface area contributed by atoms with E-state index in [0.29, 0.717) is 12.1 Å². The van der Waals surface area contributed by atoms with Gasteiger partial charge >= 0.3 is 5.97 Å². The van der Waals surface area contributed by atoms with Gasteiger partial charge in [-0.05, 0) is 44.0 Å². The van der Waals surface area contributed by atoms with Gasteiger partial charge in [0.25, 0.3) is 5.91 Å². The van der Waals surface area contributed by atoms with E-state index in [1.54, 1.807) is 30.3 Å². The van der Waals surface area contributed by atoms with Crippen LogP contribution in [-0.4, -0.2) is 61.9 Å². The molecule has 0 bridgehead atoms. The quantitative estimate of drug-likeness (QED) is 0.523. The second-order valence-electron chi connectivity index (χ2n) is 8.18. The van der Waals surface area contributed by atoms with Gasteiger partial charge in [0.2, 0.25) is 5.91 Å². The highest BCUT2D eigenvalue weighted by atomic mass is 32.2. The molecule has 1 atom stereocenters. The minimum absolute atomic E-state index is 0.0227. The first-order valence-electron chi connectivity index (χ1n) is 10.8. The molecule has 8 nitrogen and oxygen atoms in total. The van der Waals surface area contributed by atoms with Crippen molar-refractivity contribution in [3.8, 4) is 0 Å². The van der Waals surface area contributed by atoms with Crippen LogP contribution in [0.4, 0.5) is 11.4 Å². The molecule has 1 heterocycles. The standard InChI is InChI=1S/C24H28N2O6S2/c1-17-8-9-21(18(2)12-17)25-22(27)14-33-15-24(29)32-13-23(28)26(19-6-4-3-5-7-19)20-10-11-34(30,31)16-20/h3-9,12,20H,10-11,13-16H2,1-2H3,(H,25,27)/t20-/m0/s1. The van der Waals surface area contributed by atoms with E-state index in [9.17, 15) is 22.8 Å². The lowest BCUT2D eigenvalue weighted by molar-refractivity contribution is -0.145. The fourth-order valence-electron chi connectivity index (χ4n) is 3.75. The lowest BCUT2D eigenvalue weighted by atomic mass is 10.1. The molecule has 1 fully saturated rings. The number of aryl methyl sites for hydroxylation is 2. The highest BCUT2D eigenvalue weighted by Gasteiger charge is 2.35. The second-order valence-corrected chi connectivity index (χ2v) is 11.4. The number of esters is 1. The number of anilines is 2. The summed E-state index contributed by atoms with van der Waals surface area (Å²) in [4.78, 5) is 38.5. The van der Waals surface area contributed by atoms with Crippen molar-refractivity contribution in [1.82, 2.24) is 0 Å². The first-order valence-corrected chi connectivity index (χ1v) is 13.8. The number of carbonyl (C=O) groups excluding carboxylic acids is 3. The van der Waals surface area contributed by atoms with E-state index in [0.717, 1.165) is 28.6 Å². The number of benzene rings is 2. The third-order valence-corrected chi connectivity index (χ3v) is 8.00. The molecule has 1 aliphatic rings. The van der Waals surface area contributed by atoms with Gasteiger partial charge in [0, 0.05) is 11.4 Å². The van der Waals surface area contributed by atoms with Crippen LogP contribution in [0.15, 0.2) is 48.5 Å². The number of rotatable bonds is 9. The van der Waals surface area contributed by atoms with Gasteiger partial charge in [0.1, 0.15) is 0 Å². The SMILES string of the molecule is Cc1ccc(NC(=O)CSCC(=O)OCC(=O)N(c2ccccc2)[C@H]2CCS(=O)(=O)C2)c(C)c1. The van der Waals surface area contributed by atoms with E-state index in [1.807, 2.05) is 32.0 Å². The molecule has 0 unspecified atom stereocenters. The summed E-state index contributed by atoms with van der Waals surface area (Å²) in [5.41, 5.74) is 3.33. The summed E-state index contributed by atoms with van der Waals surface area (Å²) in [5.74, 6) is -1.46. The minimum atomic E-state index is -3.20. The molecule has 10 heteroatoms. The van der Waals surface area contributed by atoms with Crippen molar-refractivity contribution in [3.05, 3.63) is 59.7 Å². The number of amides is 2. The molecule has 0 aromatic heterocycles. The predicted molar refractivity (Wildman–Crippen MR) is 134 cm³/mol. The van der Waals surface area contributed by atoms with Crippen LogP contribution in [0, 0.1) is 13.8 Å². The van der Waals surface area contributed by atoms with Crippen molar-refractivity contribution in [3.63, 3.8) is 0 Å². The Balaban J connectivity index is 1.48. The zero-order valence-electron chi connectivity index (χ0n) is 19.2. The average Bonchev–Trinajstić information content (AvgIpc) is 3.14. The van der Waals surface area contributed by atoms with Crippen LogP contribution in [0.3, 0.4) is 0 Å². The Morgan fingerprint density at radius 1 is 1.09 bits per heavy atom. The van der Waals surface area contributed by atoms with E-state index in [-0.39, 0.29) is 28.9 Å². The number of hydrogen-bond donors (Lipinski definition) is 1. The van der Waals surface area contributed by atoms with Gasteiger partial charge in [-0.3, -0.25) is 14.4 Å². The molecule has 182 valence electrons. The maximum Gasteiger partial charge on any atom is 0.316 e. The third-order valence-electron chi connectivity index (χ3n) is 5.34. The van der Waals surface area contributed by atoms with Crippen molar-refractivity contribution in [2.45, 2.75) is 26.3 Å². The molecular formula is C24H28N2O6S2. The Morgan fingerprint density at radius 3 is 2.47 bits per heavy atom. The maximum absolute atomic E-state index is 12.9. The van der Waals surface area contributed by atoms with Gasteiger partial charge in [0.15, 0.2) is 16.4 Å². The van der Waals surface area contributed by atoms with E-state index in [2.05, 4.69) is 5.32 Å². The van der Waals surface area contributed by atoms with Gasteiger partial charge < -0.3 is 15.0 Å². The van der Waals surface area contributed by atoms with E-state index in [1.165, 1.54) is 4.90 Å². The second kappa shape index (κ2) is 11.5. The number of nitrogens with zero attached hydrogens (tertiary/aromatic N) is 1. The molecule has 0 saturated carbocycles. The molecular weight excluding hydrogens is 476 g/mol. The van der Waals surface area contributed by atoms with Crippen LogP contribution in [0.2, 0.25) is 0 Å². The zero-order valence-corrected chi connectivity index (χ0v) is 20.8. The lowest BCUT2D eigenvalue weighted by Crippen LogP contribution is -2.43. The highest BCUT2D eigenvalue weighted by molar-refractivity contribution is 8.00.